The van der Waals surface area contributed by atoms with E-state index in [-0.39, 0.29) is 18.4 Å². The van der Waals surface area contributed by atoms with Gasteiger partial charge in [-0.25, -0.2) is 0 Å². The third kappa shape index (κ3) is 4.57. The Kier molecular flexibility index (Phi) is 5.35. The predicted octanol–water partition coefficient (Wildman–Crippen LogP) is 0.245. The van der Waals surface area contributed by atoms with Crippen molar-refractivity contribution < 1.29 is 9.59 Å². The Hall–Kier alpha value is -1.85. The maximum atomic E-state index is 11.5. The fourth-order valence-corrected chi connectivity index (χ4v) is 1.52. The maximum absolute atomic E-state index is 11.5. The predicted molar refractivity (Wildman–Crippen MR) is 68.0 cm³/mol. The number of amides is 2. The number of likely N-dealkylation sites (N-methyl/N-ethyl adjacent to an activating group) is 1. The molecular formula is C12H20N4O2. The van der Waals surface area contributed by atoms with Gasteiger partial charge in [-0.15, -0.1) is 0 Å². The Labute approximate surface area is 107 Å². The van der Waals surface area contributed by atoms with E-state index in [1.54, 1.807) is 13.2 Å². The Bertz CT molecular complexity index is 414. The summed E-state index contributed by atoms with van der Waals surface area (Å²) in [6.45, 7) is 4.13. The zero-order chi connectivity index (χ0) is 13.5. The van der Waals surface area contributed by atoms with Crippen molar-refractivity contribution in [1.82, 2.24) is 20.4 Å². The van der Waals surface area contributed by atoms with Crippen molar-refractivity contribution in [1.29, 1.82) is 0 Å². The van der Waals surface area contributed by atoms with Gasteiger partial charge < -0.3 is 10.2 Å². The van der Waals surface area contributed by atoms with Gasteiger partial charge in [-0.2, -0.15) is 5.10 Å². The number of H-pyrrole nitrogens is 1. The van der Waals surface area contributed by atoms with Crippen LogP contribution in [0.5, 0.6) is 0 Å². The lowest BCUT2D eigenvalue weighted by Gasteiger charge is -2.14. The van der Waals surface area contributed by atoms with Crippen LogP contribution in [0.15, 0.2) is 6.20 Å². The summed E-state index contributed by atoms with van der Waals surface area (Å²) in [5.41, 5.74) is 2.24. The van der Waals surface area contributed by atoms with Gasteiger partial charge in [0.25, 0.3) is 0 Å². The number of rotatable bonds is 6. The minimum atomic E-state index is -0.128. The lowest BCUT2D eigenvalue weighted by atomic mass is 10.1. The standard InChI is InChI=1S/C12H20N4O2/c1-9-11(7-14-15-9)5-4-6-13-12(18)8-16(3)10(2)17/h7H,4-6,8H2,1-3H3,(H,13,18)(H,14,15). The molecule has 0 fully saturated rings. The van der Waals surface area contributed by atoms with Crippen molar-refractivity contribution in [2.75, 3.05) is 20.1 Å². The molecule has 18 heavy (non-hydrogen) atoms. The molecule has 2 amide bonds. The van der Waals surface area contributed by atoms with Crippen LogP contribution >= 0.6 is 0 Å². The molecule has 0 aliphatic rings. The summed E-state index contributed by atoms with van der Waals surface area (Å²) >= 11 is 0. The minimum Gasteiger partial charge on any atom is -0.355 e. The van der Waals surface area contributed by atoms with Gasteiger partial charge >= 0.3 is 0 Å². The van der Waals surface area contributed by atoms with Gasteiger partial charge in [-0.1, -0.05) is 0 Å². The summed E-state index contributed by atoms with van der Waals surface area (Å²) in [5.74, 6) is -0.240. The monoisotopic (exact) mass is 252 g/mol. The Morgan fingerprint density at radius 2 is 2.22 bits per heavy atom. The molecule has 0 atom stereocenters. The van der Waals surface area contributed by atoms with Crippen molar-refractivity contribution in [3.05, 3.63) is 17.5 Å². The van der Waals surface area contributed by atoms with Gasteiger partial charge in [0.15, 0.2) is 0 Å². The first-order valence-corrected chi connectivity index (χ1v) is 5.98. The minimum absolute atomic E-state index is 0.111. The summed E-state index contributed by atoms with van der Waals surface area (Å²) < 4.78 is 0. The van der Waals surface area contributed by atoms with Gasteiger partial charge in [-0.05, 0) is 25.3 Å². The van der Waals surface area contributed by atoms with Crippen LogP contribution in [0.1, 0.15) is 24.6 Å². The summed E-state index contributed by atoms with van der Waals surface area (Å²) in [6.07, 6.45) is 3.54. The molecule has 0 spiro atoms. The highest BCUT2D eigenvalue weighted by Gasteiger charge is 2.08. The first kappa shape index (κ1) is 14.2. The third-order valence-corrected chi connectivity index (χ3v) is 2.80. The van der Waals surface area contributed by atoms with Crippen LogP contribution in [0.25, 0.3) is 0 Å². The molecule has 0 saturated carbocycles. The molecule has 1 aromatic rings. The summed E-state index contributed by atoms with van der Waals surface area (Å²) in [4.78, 5) is 23.8. The second kappa shape index (κ2) is 6.78. The van der Waals surface area contributed by atoms with Crippen LogP contribution in [-0.4, -0.2) is 47.0 Å². The molecule has 100 valence electrons. The number of aromatic nitrogens is 2. The van der Waals surface area contributed by atoms with Gasteiger partial charge in [0.1, 0.15) is 0 Å². The topological polar surface area (TPSA) is 78.1 Å². The quantitative estimate of drug-likeness (QED) is 0.712. The number of aromatic amines is 1. The largest absolute Gasteiger partial charge is 0.355 e. The molecule has 0 bridgehead atoms. The number of carbonyl (C=O) groups excluding carboxylic acids is 2. The number of nitrogens with one attached hydrogen (secondary N) is 2. The molecule has 6 nitrogen and oxygen atoms in total. The zero-order valence-corrected chi connectivity index (χ0v) is 11.1. The maximum Gasteiger partial charge on any atom is 0.239 e. The first-order chi connectivity index (χ1) is 8.50. The van der Waals surface area contributed by atoms with E-state index >= 15 is 0 Å². The second-order valence-electron chi connectivity index (χ2n) is 4.35. The van der Waals surface area contributed by atoms with E-state index in [9.17, 15) is 9.59 Å². The van der Waals surface area contributed by atoms with Gasteiger partial charge in [-0.3, -0.25) is 14.7 Å². The van der Waals surface area contributed by atoms with Crippen LogP contribution in [-0.2, 0) is 16.0 Å². The number of hydrogen-bond donors (Lipinski definition) is 2. The highest BCUT2D eigenvalue weighted by atomic mass is 16.2. The van der Waals surface area contributed by atoms with Crippen LogP contribution in [0.3, 0.4) is 0 Å². The average molecular weight is 252 g/mol. The van der Waals surface area contributed by atoms with E-state index < -0.39 is 0 Å². The zero-order valence-electron chi connectivity index (χ0n) is 11.1. The van der Waals surface area contributed by atoms with Gasteiger partial charge in [0.05, 0.1) is 12.7 Å². The van der Waals surface area contributed by atoms with E-state index in [4.69, 9.17) is 0 Å². The molecule has 1 aromatic heterocycles. The molecule has 0 radical (unpaired) electrons. The molecule has 6 heteroatoms. The summed E-state index contributed by atoms with van der Waals surface area (Å²) in [7, 11) is 1.61. The first-order valence-electron chi connectivity index (χ1n) is 5.98. The molecule has 0 aliphatic carbocycles. The Balaban J connectivity index is 2.16. The number of aryl methyl sites for hydroxylation is 2. The number of carbonyl (C=O) groups is 2. The molecule has 1 rings (SSSR count). The molecule has 0 aliphatic heterocycles. The second-order valence-corrected chi connectivity index (χ2v) is 4.35. The van der Waals surface area contributed by atoms with Gasteiger partial charge in [0, 0.05) is 26.2 Å². The van der Waals surface area contributed by atoms with Crippen molar-refractivity contribution in [3.63, 3.8) is 0 Å². The molecule has 0 aromatic carbocycles. The molecule has 0 saturated heterocycles. The SMILES string of the molecule is CC(=O)N(C)CC(=O)NCCCc1cn[nH]c1C. The smallest absolute Gasteiger partial charge is 0.239 e. The van der Waals surface area contributed by atoms with Crippen molar-refractivity contribution in [2.45, 2.75) is 26.7 Å². The fourth-order valence-electron chi connectivity index (χ4n) is 1.52. The van der Waals surface area contributed by atoms with Crippen molar-refractivity contribution >= 4 is 11.8 Å². The molecule has 1 heterocycles. The van der Waals surface area contributed by atoms with Crippen molar-refractivity contribution in [3.8, 4) is 0 Å². The Morgan fingerprint density at radius 1 is 1.50 bits per heavy atom. The molecular weight excluding hydrogens is 232 g/mol. The highest BCUT2D eigenvalue weighted by Crippen LogP contribution is 2.04. The van der Waals surface area contributed by atoms with Crippen LogP contribution in [0.2, 0.25) is 0 Å². The normalized spacial score (nSPS) is 10.2. The van der Waals surface area contributed by atoms with E-state index in [1.807, 2.05) is 6.92 Å². The van der Waals surface area contributed by atoms with E-state index in [2.05, 4.69) is 15.5 Å². The van der Waals surface area contributed by atoms with E-state index in [1.165, 1.54) is 17.4 Å². The van der Waals surface area contributed by atoms with Crippen LogP contribution in [0.4, 0.5) is 0 Å². The Morgan fingerprint density at radius 3 is 2.78 bits per heavy atom. The van der Waals surface area contributed by atoms with E-state index in [0.29, 0.717) is 6.54 Å². The van der Waals surface area contributed by atoms with Crippen LogP contribution in [0, 0.1) is 6.92 Å². The highest BCUT2D eigenvalue weighted by molar-refractivity contribution is 5.83. The summed E-state index contributed by atoms with van der Waals surface area (Å²) in [5, 5.41) is 9.60. The number of hydrogen-bond acceptors (Lipinski definition) is 3. The van der Waals surface area contributed by atoms with E-state index in [0.717, 1.165) is 18.5 Å². The lowest BCUT2D eigenvalue weighted by Crippen LogP contribution is -2.37. The van der Waals surface area contributed by atoms with Crippen molar-refractivity contribution in [2.24, 2.45) is 0 Å². The van der Waals surface area contributed by atoms with Gasteiger partial charge in [0.2, 0.25) is 11.8 Å². The summed E-state index contributed by atoms with van der Waals surface area (Å²) in [6, 6.07) is 0. The number of nitrogens with zero attached hydrogens (tertiary/aromatic N) is 2. The molecule has 0 unspecified atom stereocenters. The lowest BCUT2D eigenvalue weighted by molar-refractivity contribution is -0.133. The average Bonchev–Trinajstić information content (AvgIpc) is 2.70. The van der Waals surface area contributed by atoms with Crippen LogP contribution < -0.4 is 5.32 Å². The third-order valence-electron chi connectivity index (χ3n) is 2.80. The fraction of sp³-hybridized carbons (Fsp3) is 0.583. The molecule has 2 N–H and O–H groups in total.